The molecule has 0 aliphatic carbocycles. The number of hydrogen-bond donors (Lipinski definition) is 2. The molecule has 1 aliphatic rings. The number of carbonyl (C=O) groups is 2. The molecule has 31 heavy (non-hydrogen) atoms. The van der Waals surface area contributed by atoms with Gasteiger partial charge in [0.05, 0.1) is 7.11 Å². The first-order chi connectivity index (χ1) is 14.7. The Morgan fingerprint density at radius 1 is 1.16 bits per heavy atom. The van der Waals surface area contributed by atoms with Crippen LogP contribution < -0.4 is 15.2 Å². The molecule has 8 nitrogen and oxygen atoms in total. The smallest absolute Gasteiger partial charge is 0.253 e. The quantitative estimate of drug-likeness (QED) is 0.649. The van der Waals surface area contributed by atoms with E-state index in [-0.39, 0.29) is 40.5 Å². The van der Waals surface area contributed by atoms with Crippen LogP contribution in [-0.4, -0.2) is 45.3 Å². The summed E-state index contributed by atoms with van der Waals surface area (Å²) in [6, 6.07) is 11.1. The highest BCUT2D eigenvalue weighted by Crippen LogP contribution is 2.27. The highest BCUT2D eigenvalue weighted by atomic mass is 35.5. The molecule has 3 N–H and O–H groups in total. The Morgan fingerprint density at radius 3 is 2.39 bits per heavy atom. The first-order valence-electron chi connectivity index (χ1n) is 9.72. The van der Waals surface area contributed by atoms with E-state index in [1.807, 2.05) is 0 Å². The van der Waals surface area contributed by atoms with E-state index in [1.165, 1.54) is 25.3 Å². The summed E-state index contributed by atoms with van der Waals surface area (Å²) >= 11 is 5.86. The van der Waals surface area contributed by atoms with Gasteiger partial charge < -0.3 is 15.4 Å². The third kappa shape index (κ3) is 5.55. The van der Waals surface area contributed by atoms with Crippen molar-refractivity contribution in [2.45, 2.75) is 24.3 Å². The van der Waals surface area contributed by atoms with E-state index in [4.69, 9.17) is 22.1 Å². The molecule has 0 aromatic heterocycles. The number of benzene rings is 2. The maximum atomic E-state index is 12.9. The van der Waals surface area contributed by atoms with E-state index in [2.05, 4.69) is 4.72 Å². The van der Waals surface area contributed by atoms with E-state index in [0.717, 1.165) is 5.56 Å². The molecule has 1 heterocycles. The maximum absolute atomic E-state index is 12.9. The van der Waals surface area contributed by atoms with Gasteiger partial charge >= 0.3 is 0 Å². The van der Waals surface area contributed by atoms with Gasteiger partial charge in [0, 0.05) is 36.1 Å². The normalized spacial score (nSPS) is 15.0. The molecule has 0 bridgehead atoms. The molecule has 1 aliphatic heterocycles. The van der Waals surface area contributed by atoms with Crippen LogP contribution in [0.5, 0.6) is 5.75 Å². The van der Waals surface area contributed by atoms with Crippen LogP contribution in [0.3, 0.4) is 0 Å². The van der Waals surface area contributed by atoms with Crippen molar-refractivity contribution in [2.75, 3.05) is 20.2 Å². The first kappa shape index (κ1) is 23.1. The van der Waals surface area contributed by atoms with Gasteiger partial charge in [0.25, 0.3) is 5.91 Å². The minimum absolute atomic E-state index is 0.0570. The van der Waals surface area contributed by atoms with Crippen molar-refractivity contribution in [3.63, 3.8) is 0 Å². The molecule has 2 aromatic carbocycles. The van der Waals surface area contributed by atoms with Crippen molar-refractivity contribution < 1.29 is 22.7 Å². The third-order valence-corrected chi connectivity index (χ3v) is 6.94. The Labute approximate surface area is 186 Å². The molecular formula is C21H24ClN3O5S. The van der Waals surface area contributed by atoms with Crippen LogP contribution in [0.1, 0.15) is 28.8 Å². The zero-order chi connectivity index (χ0) is 22.6. The molecule has 166 valence electrons. The minimum Gasteiger partial charge on any atom is -0.495 e. The lowest BCUT2D eigenvalue weighted by Crippen LogP contribution is -2.41. The van der Waals surface area contributed by atoms with Crippen molar-refractivity contribution in [1.82, 2.24) is 9.62 Å². The second kappa shape index (κ2) is 9.67. The van der Waals surface area contributed by atoms with Crippen molar-refractivity contribution in [3.8, 4) is 5.75 Å². The zero-order valence-electron chi connectivity index (χ0n) is 17.0. The third-order valence-electron chi connectivity index (χ3n) is 5.26. The lowest BCUT2D eigenvalue weighted by Gasteiger charge is -2.30. The number of primary amides is 1. The van der Waals surface area contributed by atoms with Gasteiger partial charge in [-0.3, -0.25) is 9.59 Å². The van der Waals surface area contributed by atoms with Crippen LogP contribution in [0.2, 0.25) is 5.02 Å². The van der Waals surface area contributed by atoms with Crippen LogP contribution in [-0.2, 0) is 21.4 Å². The highest BCUT2D eigenvalue weighted by Gasteiger charge is 2.28. The molecule has 1 fully saturated rings. The Morgan fingerprint density at radius 2 is 1.81 bits per heavy atom. The molecule has 2 amide bonds. The predicted octanol–water partition coefficient (Wildman–Crippen LogP) is 2.16. The Bertz CT molecular complexity index is 1060. The van der Waals surface area contributed by atoms with Crippen LogP contribution in [0, 0.1) is 5.92 Å². The topological polar surface area (TPSA) is 119 Å². The molecule has 0 unspecified atom stereocenters. The predicted molar refractivity (Wildman–Crippen MR) is 116 cm³/mol. The second-order valence-electron chi connectivity index (χ2n) is 7.29. The summed E-state index contributed by atoms with van der Waals surface area (Å²) in [6.07, 6.45) is 0.982. The Kier molecular flexibility index (Phi) is 7.19. The monoisotopic (exact) mass is 465 g/mol. The Hall–Kier alpha value is -2.62. The number of nitrogens with zero attached hydrogens (tertiary/aromatic N) is 1. The van der Waals surface area contributed by atoms with Gasteiger partial charge in [-0.1, -0.05) is 23.7 Å². The number of nitrogens with one attached hydrogen (secondary N) is 1. The van der Waals surface area contributed by atoms with Crippen molar-refractivity contribution in [2.24, 2.45) is 11.7 Å². The zero-order valence-corrected chi connectivity index (χ0v) is 18.6. The number of methoxy groups -OCH3 is 1. The van der Waals surface area contributed by atoms with Crippen LogP contribution in [0.4, 0.5) is 0 Å². The number of carbonyl (C=O) groups excluding carboxylic acids is 2. The summed E-state index contributed by atoms with van der Waals surface area (Å²) in [7, 11) is -2.59. The fourth-order valence-corrected chi connectivity index (χ4v) is 4.76. The average Bonchev–Trinajstić information content (AvgIpc) is 2.78. The lowest BCUT2D eigenvalue weighted by atomic mass is 9.96. The van der Waals surface area contributed by atoms with Gasteiger partial charge in [-0.2, -0.15) is 0 Å². The van der Waals surface area contributed by atoms with Gasteiger partial charge in [0.15, 0.2) is 0 Å². The van der Waals surface area contributed by atoms with E-state index in [9.17, 15) is 18.0 Å². The van der Waals surface area contributed by atoms with Gasteiger partial charge in [-0.25, -0.2) is 13.1 Å². The molecular weight excluding hydrogens is 442 g/mol. The first-order valence-corrected chi connectivity index (χ1v) is 11.6. The lowest BCUT2D eigenvalue weighted by molar-refractivity contribution is -0.123. The summed E-state index contributed by atoms with van der Waals surface area (Å²) < 4.78 is 33.6. The number of halogens is 1. The summed E-state index contributed by atoms with van der Waals surface area (Å²) in [4.78, 5) is 25.7. The average molecular weight is 466 g/mol. The number of sulfonamides is 1. The number of ether oxygens (including phenoxy) is 1. The van der Waals surface area contributed by atoms with Crippen LogP contribution >= 0.6 is 11.6 Å². The number of nitrogens with two attached hydrogens (primary N) is 1. The molecule has 3 rings (SSSR count). The summed E-state index contributed by atoms with van der Waals surface area (Å²) in [5, 5.41) is 0.555. The fourth-order valence-electron chi connectivity index (χ4n) is 3.43. The fraction of sp³-hybridized carbons (Fsp3) is 0.333. The molecule has 0 atom stereocenters. The number of rotatable bonds is 7. The van der Waals surface area contributed by atoms with Crippen molar-refractivity contribution in [1.29, 1.82) is 0 Å². The second-order valence-corrected chi connectivity index (χ2v) is 9.46. The number of likely N-dealkylation sites (tertiary alicyclic amines) is 1. The van der Waals surface area contributed by atoms with Gasteiger partial charge in [-0.05, 0) is 48.7 Å². The summed E-state index contributed by atoms with van der Waals surface area (Å²) in [5.41, 5.74) is 6.30. The standard InChI is InChI=1S/C21H24ClN3O5S/c1-30-18-7-4-16(21(27)25-10-8-15(9-11-25)20(23)26)12-19(18)31(28,29)24-13-14-2-5-17(22)6-3-14/h2-7,12,15,24H,8-11,13H2,1H3,(H2,23,26). The van der Waals surface area contributed by atoms with Gasteiger partial charge in [0.1, 0.15) is 10.6 Å². The molecule has 0 radical (unpaired) electrons. The van der Waals surface area contributed by atoms with Crippen LogP contribution in [0.15, 0.2) is 47.4 Å². The molecule has 0 saturated carbocycles. The van der Waals surface area contributed by atoms with Gasteiger partial charge in [-0.15, -0.1) is 0 Å². The number of amides is 2. The number of hydrogen-bond acceptors (Lipinski definition) is 5. The van der Waals surface area contributed by atoms with Crippen LogP contribution in [0.25, 0.3) is 0 Å². The maximum Gasteiger partial charge on any atom is 0.253 e. The SMILES string of the molecule is COc1ccc(C(=O)N2CCC(C(N)=O)CC2)cc1S(=O)(=O)NCc1ccc(Cl)cc1. The van der Waals surface area contributed by atoms with E-state index >= 15 is 0 Å². The van der Waals surface area contributed by atoms with E-state index in [1.54, 1.807) is 29.2 Å². The molecule has 10 heteroatoms. The minimum atomic E-state index is -3.96. The van der Waals surface area contributed by atoms with Gasteiger partial charge in [0.2, 0.25) is 15.9 Å². The molecule has 1 saturated heterocycles. The molecule has 0 spiro atoms. The van der Waals surface area contributed by atoms with Crippen molar-refractivity contribution >= 4 is 33.4 Å². The van der Waals surface area contributed by atoms with E-state index in [0.29, 0.717) is 31.0 Å². The van der Waals surface area contributed by atoms with Crippen molar-refractivity contribution in [3.05, 3.63) is 58.6 Å². The summed E-state index contributed by atoms with van der Waals surface area (Å²) in [5.74, 6) is -0.781. The molecule has 2 aromatic rings. The van der Waals surface area contributed by atoms with E-state index < -0.39 is 10.0 Å². The Balaban J connectivity index is 1.78. The summed E-state index contributed by atoms with van der Waals surface area (Å²) in [6.45, 7) is 0.826. The highest BCUT2D eigenvalue weighted by molar-refractivity contribution is 7.89. The largest absolute Gasteiger partial charge is 0.495 e. The number of piperidine rings is 1.